The third-order valence-electron chi connectivity index (χ3n) is 5.62. The Bertz CT molecular complexity index is 1100. The van der Waals surface area contributed by atoms with Gasteiger partial charge < -0.3 is 10.2 Å². The summed E-state index contributed by atoms with van der Waals surface area (Å²) in [5.41, 5.74) is -0.395. The predicted octanol–water partition coefficient (Wildman–Crippen LogP) is 4.79. The number of thioether (sulfide) groups is 1. The molecule has 0 atom stereocenters. The van der Waals surface area contributed by atoms with Gasteiger partial charge in [-0.1, -0.05) is 12.1 Å². The molecule has 0 aromatic heterocycles. The number of nitro groups is 1. The maximum absolute atomic E-state index is 12.9. The summed E-state index contributed by atoms with van der Waals surface area (Å²) in [7, 11) is 0. The Morgan fingerprint density at radius 3 is 2.32 bits per heavy atom. The lowest BCUT2D eigenvalue weighted by molar-refractivity contribution is -0.388. The second-order valence-corrected chi connectivity index (χ2v) is 9.44. The second kappa shape index (κ2) is 9.65. The number of hydrogen-bond acceptors (Lipinski definition) is 5. The van der Waals surface area contributed by atoms with Crippen molar-refractivity contribution in [2.24, 2.45) is 0 Å². The van der Waals surface area contributed by atoms with Gasteiger partial charge in [0.05, 0.1) is 21.1 Å². The van der Waals surface area contributed by atoms with Gasteiger partial charge >= 0.3 is 6.18 Å². The Balaban J connectivity index is 1.40. The van der Waals surface area contributed by atoms with E-state index in [1.54, 1.807) is 29.2 Å². The number of halogens is 3. The summed E-state index contributed by atoms with van der Waals surface area (Å²) in [6.07, 6.45) is -1.01. The summed E-state index contributed by atoms with van der Waals surface area (Å²) in [5.74, 6) is -0.513. The first-order valence-corrected chi connectivity index (χ1v) is 11.8. The zero-order valence-electron chi connectivity index (χ0n) is 18.0. The number of nitrogens with zero attached hydrogens (tertiary/aromatic N) is 2. The smallest absolute Gasteiger partial charge is 0.349 e. The zero-order chi connectivity index (χ0) is 24.5. The largest absolute Gasteiger partial charge is 0.416 e. The fraction of sp³-hybridized carbons (Fsp3) is 0.391. The van der Waals surface area contributed by atoms with Crippen molar-refractivity contribution in [2.45, 2.75) is 55.4 Å². The van der Waals surface area contributed by atoms with E-state index in [4.69, 9.17) is 0 Å². The van der Waals surface area contributed by atoms with Crippen LogP contribution in [0, 0.1) is 10.1 Å². The first kappa shape index (κ1) is 24.1. The number of hydrogen-bond donors (Lipinski definition) is 1. The summed E-state index contributed by atoms with van der Waals surface area (Å²) >= 11 is 0.852. The number of rotatable bonds is 9. The average Bonchev–Trinajstić information content (AvgIpc) is 3.70. The third-order valence-corrected chi connectivity index (χ3v) is 6.67. The standard InChI is InChI=1S/C23H22F3N3O4S/c24-23(25,26)16-5-10-20(19(11-16)29(32)33)34-13-21(30)28(18-8-9-18)12-14-1-3-15(4-2-14)22(31)27-17-6-7-17/h1-5,10-11,17-18H,6-9,12-13H2,(H,27,31). The zero-order valence-corrected chi connectivity index (χ0v) is 18.8. The van der Waals surface area contributed by atoms with Crippen molar-refractivity contribution in [3.05, 3.63) is 69.3 Å². The highest BCUT2D eigenvalue weighted by molar-refractivity contribution is 8.00. The number of carbonyl (C=O) groups excluding carboxylic acids is 2. The molecule has 0 aliphatic heterocycles. The lowest BCUT2D eigenvalue weighted by atomic mass is 10.1. The van der Waals surface area contributed by atoms with Gasteiger partial charge in [0.25, 0.3) is 11.6 Å². The van der Waals surface area contributed by atoms with Crippen LogP contribution in [0.5, 0.6) is 0 Å². The van der Waals surface area contributed by atoms with E-state index in [0.29, 0.717) is 18.2 Å². The van der Waals surface area contributed by atoms with Crippen molar-refractivity contribution in [3.63, 3.8) is 0 Å². The van der Waals surface area contributed by atoms with Gasteiger partial charge in [0.15, 0.2) is 0 Å². The van der Waals surface area contributed by atoms with Crippen molar-refractivity contribution in [1.82, 2.24) is 10.2 Å². The Morgan fingerprint density at radius 2 is 1.76 bits per heavy atom. The van der Waals surface area contributed by atoms with Crippen molar-refractivity contribution in [1.29, 1.82) is 0 Å². The van der Waals surface area contributed by atoms with E-state index in [1.165, 1.54) is 0 Å². The molecule has 0 unspecified atom stereocenters. The van der Waals surface area contributed by atoms with Crippen LogP contribution in [0.3, 0.4) is 0 Å². The van der Waals surface area contributed by atoms with E-state index in [2.05, 4.69) is 5.32 Å². The third kappa shape index (κ3) is 6.07. The molecular weight excluding hydrogens is 471 g/mol. The van der Waals surface area contributed by atoms with Crippen LogP contribution < -0.4 is 5.32 Å². The maximum Gasteiger partial charge on any atom is 0.416 e. The molecule has 2 amide bonds. The SMILES string of the molecule is O=C(NC1CC1)c1ccc(CN(C(=O)CSc2ccc(C(F)(F)F)cc2[N+](=O)[O-])C2CC2)cc1. The second-order valence-electron chi connectivity index (χ2n) is 8.42. The van der Waals surface area contributed by atoms with Crippen molar-refractivity contribution in [3.8, 4) is 0 Å². The van der Waals surface area contributed by atoms with E-state index < -0.39 is 22.4 Å². The van der Waals surface area contributed by atoms with Gasteiger partial charge in [-0.2, -0.15) is 13.2 Å². The molecule has 0 spiro atoms. The lowest BCUT2D eigenvalue weighted by Gasteiger charge is -2.22. The molecule has 2 aromatic carbocycles. The molecule has 0 saturated heterocycles. The number of nitrogens with one attached hydrogen (secondary N) is 1. The van der Waals surface area contributed by atoms with Gasteiger partial charge in [-0.3, -0.25) is 19.7 Å². The van der Waals surface area contributed by atoms with Gasteiger partial charge in [-0.15, -0.1) is 11.8 Å². The molecule has 7 nitrogen and oxygen atoms in total. The van der Waals surface area contributed by atoms with Gasteiger partial charge in [0, 0.05) is 30.3 Å². The summed E-state index contributed by atoms with van der Waals surface area (Å²) in [4.78, 5) is 37.1. The molecule has 2 saturated carbocycles. The number of benzene rings is 2. The Kier molecular flexibility index (Phi) is 6.83. The molecule has 2 aliphatic carbocycles. The molecule has 0 radical (unpaired) electrons. The maximum atomic E-state index is 12.9. The van der Waals surface area contributed by atoms with Crippen molar-refractivity contribution in [2.75, 3.05) is 5.75 Å². The molecule has 180 valence electrons. The summed E-state index contributed by atoms with van der Waals surface area (Å²) in [6.45, 7) is 0.323. The number of nitro benzene ring substituents is 1. The number of carbonyl (C=O) groups is 2. The van der Waals surface area contributed by atoms with Crippen LogP contribution in [-0.4, -0.2) is 39.5 Å². The summed E-state index contributed by atoms with van der Waals surface area (Å²) in [6, 6.07) is 9.63. The number of alkyl halides is 3. The minimum Gasteiger partial charge on any atom is -0.349 e. The van der Waals surface area contributed by atoms with Crippen molar-refractivity contribution >= 4 is 29.3 Å². The molecule has 2 aromatic rings. The highest BCUT2D eigenvalue weighted by atomic mass is 32.2. The minimum absolute atomic E-state index is 0.00752. The predicted molar refractivity (Wildman–Crippen MR) is 119 cm³/mol. The molecule has 1 N–H and O–H groups in total. The molecule has 11 heteroatoms. The summed E-state index contributed by atoms with van der Waals surface area (Å²) < 4.78 is 38.7. The minimum atomic E-state index is -4.69. The topological polar surface area (TPSA) is 92.6 Å². The molecular formula is C23H22F3N3O4S. The van der Waals surface area contributed by atoms with E-state index in [1.807, 2.05) is 0 Å². The van der Waals surface area contributed by atoms with Crippen LogP contribution in [0.2, 0.25) is 0 Å². The van der Waals surface area contributed by atoms with Crippen LogP contribution in [0.15, 0.2) is 47.4 Å². The van der Waals surface area contributed by atoms with Crippen LogP contribution in [0.4, 0.5) is 18.9 Å². The van der Waals surface area contributed by atoms with Crippen molar-refractivity contribution < 1.29 is 27.7 Å². The lowest BCUT2D eigenvalue weighted by Crippen LogP contribution is -2.34. The van der Waals surface area contributed by atoms with Gasteiger partial charge in [-0.25, -0.2) is 0 Å². The fourth-order valence-corrected chi connectivity index (χ4v) is 4.33. The van der Waals surface area contributed by atoms with Crippen LogP contribution in [-0.2, 0) is 17.5 Å². The van der Waals surface area contributed by atoms with Crippen LogP contribution in [0.25, 0.3) is 0 Å². The van der Waals surface area contributed by atoms with E-state index in [-0.39, 0.29) is 34.5 Å². The Hall–Kier alpha value is -3.08. The van der Waals surface area contributed by atoms with E-state index >= 15 is 0 Å². The van der Waals surface area contributed by atoms with Crippen LogP contribution in [0.1, 0.15) is 47.2 Å². The van der Waals surface area contributed by atoms with E-state index in [9.17, 15) is 32.9 Å². The summed E-state index contributed by atoms with van der Waals surface area (Å²) in [5, 5.41) is 14.2. The molecule has 0 heterocycles. The van der Waals surface area contributed by atoms with Gasteiger partial charge in [0.2, 0.25) is 5.91 Å². The van der Waals surface area contributed by atoms with Gasteiger partial charge in [-0.05, 0) is 55.5 Å². The highest BCUT2D eigenvalue weighted by Gasteiger charge is 2.35. The normalized spacial score (nSPS) is 15.6. The van der Waals surface area contributed by atoms with Gasteiger partial charge in [0.1, 0.15) is 0 Å². The molecule has 2 aliphatic rings. The van der Waals surface area contributed by atoms with Crippen LogP contribution >= 0.6 is 11.8 Å². The first-order valence-electron chi connectivity index (χ1n) is 10.8. The quantitative estimate of drug-likeness (QED) is 0.308. The highest BCUT2D eigenvalue weighted by Crippen LogP contribution is 2.37. The fourth-order valence-electron chi connectivity index (χ4n) is 3.44. The van der Waals surface area contributed by atoms with E-state index in [0.717, 1.165) is 55.1 Å². The number of amides is 2. The molecule has 34 heavy (non-hydrogen) atoms. The molecule has 4 rings (SSSR count). The molecule has 2 fully saturated rings. The monoisotopic (exact) mass is 493 g/mol. The Morgan fingerprint density at radius 1 is 1.09 bits per heavy atom. The average molecular weight is 494 g/mol. The first-order chi connectivity index (χ1) is 16.1. The Labute approximate surface area is 197 Å². The molecule has 0 bridgehead atoms.